The maximum absolute atomic E-state index is 10.1. The Morgan fingerprint density at radius 1 is 1.21 bits per heavy atom. The Balaban J connectivity index is 2.40. The average Bonchev–Trinajstić information content (AvgIpc) is 2.40. The van der Waals surface area contributed by atoms with Gasteiger partial charge in [-0.1, -0.05) is 0 Å². The predicted octanol–water partition coefficient (Wildman–Crippen LogP) is 3.14. The number of aromatic hydroxyl groups is 1. The predicted molar refractivity (Wildman–Crippen MR) is 78.0 cm³/mol. The molecule has 1 aliphatic heterocycles. The summed E-state index contributed by atoms with van der Waals surface area (Å²) in [6.07, 6.45) is 3.93. The topological polar surface area (TPSA) is 55.5 Å². The Morgan fingerprint density at radius 2 is 1.89 bits per heavy atom. The van der Waals surface area contributed by atoms with E-state index in [0.29, 0.717) is 12.3 Å². The summed E-state index contributed by atoms with van der Waals surface area (Å²) >= 11 is 0. The minimum absolute atomic E-state index is 0.118. The summed E-state index contributed by atoms with van der Waals surface area (Å²) in [4.78, 5) is 0. The first-order valence-electron chi connectivity index (χ1n) is 7.10. The van der Waals surface area contributed by atoms with Gasteiger partial charge in [-0.25, -0.2) is 0 Å². The lowest BCUT2D eigenvalue weighted by atomic mass is 9.85. The minimum Gasteiger partial charge on any atom is -0.507 e. The summed E-state index contributed by atoms with van der Waals surface area (Å²) < 4.78 is 6.30. The Labute approximate surface area is 115 Å². The van der Waals surface area contributed by atoms with E-state index in [-0.39, 0.29) is 5.60 Å². The zero-order valence-electron chi connectivity index (χ0n) is 12.5. The molecule has 0 spiro atoms. The molecule has 106 valence electrons. The molecule has 0 fully saturated rings. The van der Waals surface area contributed by atoms with Crippen molar-refractivity contribution in [3.8, 4) is 11.5 Å². The highest BCUT2D eigenvalue weighted by Gasteiger charge is 2.33. The molecule has 1 atom stereocenters. The highest BCUT2D eigenvalue weighted by molar-refractivity contribution is 5.58. The standard InChI is InChI=1S/C16H25NO2/c1-10-11(2)15-13(12(3)14(10)18)6-8-16(4,19-15)7-5-9-17/h18H,5-9,17H2,1-4H3. The normalized spacial score (nSPS) is 21.9. The van der Waals surface area contributed by atoms with Crippen molar-refractivity contribution in [1.29, 1.82) is 0 Å². The largest absolute Gasteiger partial charge is 0.507 e. The number of rotatable bonds is 3. The van der Waals surface area contributed by atoms with Crippen molar-refractivity contribution < 1.29 is 9.84 Å². The van der Waals surface area contributed by atoms with Gasteiger partial charge in [-0.15, -0.1) is 0 Å². The van der Waals surface area contributed by atoms with Crippen LogP contribution in [0.25, 0.3) is 0 Å². The van der Waals surface area contributed by atoms with Gasteiger partial charge >= 0.3 is 0 Å². The Bertz CT molecular complexity index is 496. The van der Waals surface area contributed by atoms with Crippen molar-refractivity contribution in [2.75, 3.05) is 6.54 Å². The molecule has 0 bridgehead atoms. The van der Waals surface area contributed by atoms with Crippen LogP contribution in [0.3, 0.4) is 0 Å². The van der Waals surface area contributed by atoms with Gasteiger partial charge in [-0.2, -0.15) is 0 Å². The van der Waals surface area contributed by atoms with Gasteiger partial charge in [0.15, 0.2) is 0 Å². The molecule has 3 N–H and O–H groups in total. The number of fused-ring (bicyclic) bond motifs is 1. The van der Waals surface area contributed by atoms with Crippen molar-refractivity contribution >= 4 is 0 Å². The number of phenolic OH excluding ortho intramolecular Hbond substituents is 1. The van der Waals surface area contributed by atoms with E-state index in [1.165, 1.54) is 5.56 Å². The molecule has 1 heterocycles. The molecule has 1 aliphatic rings. The van der Waals surface area contributed by atoms with Gasteiger partial charge in [-0.3, -0.25) is 0 Å². The van der Waals surface area contributed by atoms with E-state index >= 15 is 0 Å². The molecule has 3 heteroatoms. The molecule has 2 rings (SSSR count). The molecule has 19 heavy (non-hydrogen) atoms. The lowest BCUT2D eigenvalue weighted by Crippen LogP contribution is -2.37. The van der Waals surface area contributed by atoms with E-state index in [9.17, 15) is 5.11 Å². The fraction of sp³-hybridized carbons (Fsp3) is 0.625. The van der Waals surface area contributed by atoms with Crippen LogP contribution in [0.2, 0.25) is 0 Å². The monoisotopic (exact) mass is 263 g/mol. The van der Waals surface area contributed by atoms with Crippen LogP contribution in [0.1, 0.15) is 48.4 Å². The van der Waals surface area contributed by atoms with E-state index in [1.54, 1.807) is 0 Å². The summed E-state index contributed by atoms with van der Waals surface area (Å²) in [7, 11) is 0. The fourth-order valence-electron chi connectivity index (χ4n) is 2.95. The quantitative estimate of drug-likeness (QED) is 0.881. The molecule has 0 aliphatic carbocycles. The van der Waals surface area contributed by atoms with Crippen molar-refractivity contribution in [2.24, 2.45) is 5.73 Å². The fourth-order valence-corrected chi connectivity index (χ4v) is 2.95. The molecule has 0 saturated carbocycles. The zero-order valence-corrected chi connectivity index (χ0v) is 12.5. The molecular weight excluding hydrogens is 238 g/mol. The van der Waals surface area contributed by atoms with Crippen molar-refractivity contribution in [2.45, 2.75) is 59.0 Å². The van der Waals surface area contributed by atoms with Crippen LogP contribution >= 0.6 is 0 Å². The van der Waals surface area contributed by atoms with E-state index in [1.807, 2.05) is 20.8 Å². The lowest BCUT2D eigenvalue weighted by Gasteiger charge is -2.38. The van der Waals surface area contributed by atoms with Gasteiger partial charge in [0.1, 0.15) is 17.1 Å². The second-order valence-electron chi connectivity index (χ2n) is 5.98. The summed E-state index contributed by atoms with van der Waals surface area (Å²) in [5.74, 6) is 1.41. The Hall–Kier alpha value is -1.22. The van der Waals surface area contributed by atoms with Gasteiger partial charge in [0, 0.05) is 5.56 Å². The number of phenols is 1. The Morgan fingerprint density at radius 3 is 2.53 bits per heavy atom. The highest BCUT2D eigenvalue weighted by Crippen LogP contribution is 2.44. The first kappa shape index (κ1) is 14.2. The molecule has 0 radical (unpaired) electrons. The molecule has 0 amide bonds. The van der Waals surface area contributed by atoms with Crippen molar-refractivity contribution in [3.05, 3.63) is 22.3 Å². The minimum atomic E-state index is -0.118. The molecule has 3 nitrogen and oxygen atoms in total. The van der Waals surface area contributed by atoms with E-state index in [2.05, 4.69) is 6.92 Å². The van der Waals surface area contributed by atoms with Crippen LogP contribution in [0.15, 0.2) is 0 Å². The molecule has 0 aromatic heterocycles. The molecule has 0 saturated heterocycles. The van der Waals surface area contributed by atoms with E-state index in [4.69, 9.17) is 10.5 Å². The lowest BCUT2D eigenvalue weighted by molar-refractivity contribution is 0.0535. The van der Waals surface area contributed by atoms with Crippen LogP contribution in [0.5, 0.6) is 11.5 Å². The highest BCUT2D eigenvalue weighted by atomic mass is 16.5. The second kappa shape index (κ2) is 5.04. The third-order valence-corrected chi connectivity index (χ3v) is 4.50. The molecule has 1 unspecified atom stereocenters. The van der Waals surface area contributed by atoms with Gasteiger partial charge in [-0.05, 0) is 76.6 Å². The number of hydrogen-bond donors (Lipinski definition) is 2. The third kappa shape index (κ3) is 2.44. The maximum atomic E-state index is 10.1. The van der Waals surface area contributed by atoms with Crippen LogP contribution in [-0.2, 0) is 6.42 Å². The third-order valence-electron chi connectivity index (χ3n) is 4.50. The first-order chi connectivity index (χ1) is 8.89. The maximum Gasteiger partial charge on any atom is 0.127 e. The smallest absolute Gasteiger partial charge is 0.127 e. The van der Waals surface area contributed by atoms with Crippen LogP contribution in [-0.4, -0.2) is 17.3 Å². The summed E-state index contributed by atoms with van der Waals surface area (Å²) in [5, 5.41) is 10.1. The van der Waals surface area contributed by atoms with Crippen LogP contribution in [0.4, 0.5) is 0 Å². The summed E-state index contributed by atoms with van der Waals surface area (Å²) in [6.45, 7) is 8.84. The van der Waals surface area contributed by atoms with Crippen molar-refractivity contribution in [3.63, 3.8) is 0 Å². The van der Waals surface area contributed by atoms with E-state index < -0.39 is 0 Å². The first-order valence-corrected chi connectivity index (χ1v) is 7.10. The SMILES string of the molecule is Cc1c(C)c2c(c(C)c1O)CCC(C)(CCCN)O2. The average molecular weight is 263 g/mol. The Kier molecular flexibility index (Phi) is 3.77. The summed E-state index contributed by atoms with van der Waals surface area (Å²) in [5.41, 5.74) is 9.63. The summed E-state index contributed by atoms with van der Waals surface area (Å²) in [6, 6.07) is 0. The number of benzene rings is 1. The van der Waals surface area contributed by atoms with Gasteiger partial charge < -0.3 is 15.6 Å². The molecule has 1 aromatic rings. The number of ether oxygens (including phenoxy) is 1. The molecular formula is C16H25NO2. The van der Waals surface area contributed by atoms with Gasteiger partial charge in [0.2, 0.25) is 0 Å². The molecule has 1 aromatic carbocycles. The zero-order chi connectivity index (χ0) is 14.2. The van der Waals surface area contributed by atoms with E-state index in [0.717, 1.165) is 48.1 Å². The van der Waals surface area contributed by atoms with Gasteiger partial charge in [0.05, 0.1) is 0 Å². The number of nitrogens with two attached hydrogens (primary N) is 1. The second-order valence-corrected chi connectivity index (χ2v) is 5.98. The van der Waals surface area contributed by atoms with Crippen molar-refractivity contribution in [1.82, 2.24) is 0 Å². The number of hydrogen-bond acceptors (Lipinski definition) is 3. The van der Waals surface area contributed by atoms with Crippen LogP contribution < -0.4 is 10.5 Å². The van der Waals surface area contributed by atoms with Crippen LogP contribution in [0, 0.1) is 20.8 Å². The van der Waals surface area contributed by atoms with Gasteiger partial charge in [0.25, 0.3) is 0 Å².